The SMILES string of the molecule is Cc1cc(-c2c(-c3ccccc3)nc(N)n3c(=O)n([C@@H]4CCCc5ccc(F)cc54)nc23)cc(C)n1. The molecular weight excluding hydrogens is 455 g/mol. The van der Waals surface area contributed by atoms with Gasteiger partial charge in [-0.25, -0.2) is 23.3 Å². The van der Waals surface area contributed by atoms with Gasteiger partial charge in [0, 0.05) is 17.0 Å². The maximum atomic E-state index is 14.2. The normalized spacial score (nSPS) is 15.2. The topological polar surface area (TPSA) is 91.1 Å². The van der Waals surface area contributed by atoms with Crippen LogP contribution < -0.4 is 11.4 Å². The van der Waals surface area contributed by atoms with Gasteiger partial charge in [-0.1, -0.05) is 36.4 Å². The van der Waals surface area contributed by atoms with Crippen LogP contribution in [0.1, 0.15) is 41.4 Å². The summed E-state index contributed by atoms with van der Waals surface area (Å²) in [7, 11) is 0. The molecule has 0 bridgehead atoms. The molecule has 0 unspecified atom stereocenters. The van der Waals surface area contributed by atoms with E-state index in [9.17, 15) is 9.18 Å². The minimum Gasteiger partial charge on any atom is -0.369 e. The summed E-state index contributed by atoms with van der Waals surface area (Å²) in [6.45, 7) is 3.86. The Morgan fingerprint density at radius 1 is 0.972 bits per heavy atom. The largest absolute Gasteiger partial charge is 0.369 e. The predicted molar refractivity (Wildman–Crippen MR) is 137 cm³/mol. The quantitative estimate of drug-likeness (QED) is 0.397. The van der Waals surface area contributed by atoms with Crippen molar-refractivity contribution < 1.29 is 4.39 Å². The lowest BCUT2D eigenvalue weighted by atomic mass is 9.88. The number of nitrogen functional groups attached to an aromatic ring is 1. The summed E-state index contributed by atoms with van der Waals surface area (Å²) in [4.78, 5) is 23.0. The summed E-state index contributed by atoms with van der Waals surface area (Å²) in [5.74, 6) is -0.268. The smallest absolute Gasteiger partial charge is 0.353 e. The van der Waals surface area contributed by atoms with Gasteiger partial charge in [0.05, 0.1) is 17.3 Å². The average Bonchev–Trinajstić information content (AvgIpc) is 3.20. The van der Waals surface area contributed by atoms with Crippen molar-refractivity contribution in [1.82, 2.24) is 24.1 Å². The maximum Gasteiger partial charge on any atom is 0.353 e. The molecule has 5 aromatic rings. The minimum absolute atomic E-state index is 0.0571. The Morgan fingerprint density at radius 3 is 2.47 bits per heavy atom. The highest BCUT2D eigenvalue weighted by atomic mass is 19.1. The minimum atomic E-state index is -0.388. The highest BCUT2D eigenvalue weighted by molar-refractivity contribution is 5.90. The second kappa shape index (κ2) is 8.41. The van der Waals surface area contributed by atoms with Crippen molar-refractivity contribution in [2.45, 2.75) is 39.2 Å². The zero-order chi connectivity index (χ0) is 25.0. The van der Waals surface area contributed by atoms with E-state index in [4.69, 9.17) is 15.8 Å². The van der Waals surface area contributed by atoms with Gasteiger partial charge in [0.1, 0.15) is 5.82 Å². The molecule has 2 aromatic carbocycles. The van der Waals surface area contributed by atoms with Gasteiger partial charge in [0.25, 0.3) is 0 Å². The fraction of sp³-hybridized carbons (Fsp3) is 0.214. The summed E-state index contributed by atoms with van der Waals surface area (Å²) in [6.07, 6.45) is 2.40. The molecule has 8 heteroatoms. The van der Waals surface area contributed by atoms with Crippen LogP contribution in [0, 0.1) is 19.7 Å². The summed E-state index contributed by atoms with van der Waals surface area (Å²) in [5.41, 5.74) is 13.0. The highest BCUT2D eigenvalue weighted by Gasteiger charge is 2.28. The molecule has 7 nitrogen and oxygen atoms in total. The Hall–Kier alpha value is -4.33. The number of pyridine rings is 1. The van der Waals surface area contributed by atoms with E-state index in [1.807, 2.05) is 56.3 Å². The molecule has 3 heterocycles. The van der Waals surface area contributed by atoms with Crippen LogP contribution in [-0.4, -0.2) is 24.1 Å². The number of rotatable bonds is 3. The van der Waals surface area contributed by atoms with Gasteiger partial charge in [0.2, 0.25) is 5.95 Å². The molecule has 1 aliphatic rings. The maximum absolute atomic E-state index is 14.2. The zero-order valence-electron chi connectivity index (χ0n) is 20.1. The Kier molecular flexibility index (Phi) is 5.17. The van der Waals surface area contributed by atoms with E-state index < -0.39 is 0 Å². The molecule has 0 spiro atoms. The number of benzene rings is 2. The van der Waals surface area contributed by atoms with Crippen LogP contribution in [-0.2, 0) is 6.42 Å². The lowest BCUT2D eigenvalue weighted by molar-refractivity contribution is 0.436. The van der Waals surface area contributed by atoms with Crippen molar-refractivity contribution in [3.05, 3.63) is 99.5 Å². The first-order valence-electron chi connectivity index (χ1n) is 12.0. The van der Waals surface area contributed by atoms with Gasteiger partial charge in [-0.3, -0.25) is 4.98 Å². The number of aromatic nitrogens is 5. The summed E-state index contributed by atoms with van der Waals surface area (Å²) < 4.78 is 17.0. The standard InChI is InChI=1S/C28H25FN6O/c1-16-13-20(14-17(2)31-16)24-25(19-7-4-3-5-8-19)32-27(30)34-26(24)33-35(28(34)36)23-10-6-9-18-11-12-21(29)15-22(18)23/h3-5,7-8,11-15,23H,6,9-10H2,1-2H3,(H2,30,32)/t23-/m1/s1. The van der Waals surface area contributed by atoms with Crippen LogP contribution in [0.25, 0.3) is 28.0 Å². The van der Waals surface area contributed by atoms with Crippen LogP contribution in [0.2, 0.25) is 0 Å². The highest BCUT2D eigenvalue weighted by Crippen LogP contribution is 2.37. The van der Waals surface area contributed by atoms with Crippen molar-refractivity contribution in [3.63, 3.8) is 0 Å². The monoisotopic (exact) mass is 480 g/mol. The van der Waals surface area contributed by atoms with Crippen molar-refractivity contribution in [1.29, 1.82) is 0 Å². The van der Waals surface area contributed by atoms with Crippen molar-refractivity contribution in [2.24, 2.45) is 0 Å². The molecule has 1 aliphatic carbocycles. The van der Waals surface area contributed by atoms with E-state index in [-0.39, 0.29) is 23.5 Å². The van der Waals surface area contributed by atoms with Crippen molar-refractivity contribution in [2.75, 3.05) is 5.73 Å². The van der Waals surface area contributed by atoms with Gasteiger partial charge in [-0.05, 0) is 74.1 Å². The third-order valence-electron chi connectivity index (χ3n) is 6.82. The number of nitrogens with two attached hydrogens (primary N) is 1. The van der Waals surface area contributed by atoms with Crippen LogP contribution in [0.4, 0.5) is 10.3 Å². The fourth-order valence-electron chi connectivity index (χ4n) is 5.33. The van der Waals surface area contributed by atoms with Crippen molar-refractivity contribution >= 4 is 11.6 Å². The molecule has 0 radical (unpaired) electrons. The van der Waals surface area contributed by atoms with E-state index in [1.54, 1.807) is 6.07 Å². The van der Waals surface area contributed by atoms with E-state index in [0.29, 0.717) is 23.3 Å². The summed E-state index contributed by atoms with van der Waals surface area (Å²) in [6, 6.07) is 18.0. The van der Waals surface area contributed by atoms with Gasteiger partial charge < -0.3 is 5.73 Å². The number of fused-ring (bicyclic) bond motifs is 2. The molecule has 0 fully saturated rings. The molecular formula is C28H25FN6O. The molecule has 6 rings (SSSR count). The van der Waals surface area contributed by atoms with E-state index in [1.165, 1.54) is 21.2 Å². The number of hydrogen-bond acceptors (Lipinski definition) is 5. The van der Waals surface area contributed by atoms with Crippen LogP contribution in [0.3, 0.4) is 0 Å². The first-order chi connectivity index (χ1) is 17.4. The lowest BCUT2D eigenvalue weighted by Crippen LogP contribution is -2.29. The molecule has 1 atom stereocenters. The molecule has 36 heavy (non-hydrogen) atoms. The van der Waals surface area contributed by atoms with E-state index in [2.05, 4.69) is 4.98 Å². The fourth-order valence-corrected chi connectivity index (χ4v) is 5.33. The van der Waals surface area contributed by atoms with E-state index in [0.717, 1.165) is 46.5 Å². The molecule has 0 saturated carbocycles. The predicted octanol–water partition coefficient (Wildman–Crippen LogP) is 4.88. The number of anilines is 1. The van der Waals surface area contributed by atoms with Crippen LogP contribution in [0.5, 0.6) is 0 Å². The zero-order valence-corrected chi connectivity index (χ0v) is 20.1. The number of halogens is 1. The molecule has 0 aliphatic heterocycles. The van der Waals surface area contributed by atoms with Crippen molar-refractivity contribution in [3.8, 4) is 22.4 Å². The lowest BCUT2D eigenvalue weighted by Gasteiger charge is -2.24. The first kappa shape index (κ1) is 22.2. The third kappa shape index (κ3) is 3.57. The number of nitrogens with zero attached hydrogens (tertiary/aromatic N) is 5. The Morgan fingerprint density at radius 2 is 1.72 bits per heavy atom. The average molecular weight is 481 g/mol. The van der Waals surface area contributed by atoms with Crippen LogP contribution >= 0.6 is 0 Å². The third-order valence-corrected chi connectivity index (χ3v) is 6.82. The van der Waals surface area contributed by atoms with Gasteiger partial charge in [-0.15, -0.1) is 5.10 Å². The number of aryl methyl sites for hydroxylation is 3. The van der Waals surface area contributed by atoms with E-state index >= 15 is 0 Å². The first-order valence-corrected chi connectivity index (χ1v) is 12.0. The Balaban J connectivity index is 1.68. The van der Waals surface area contributed by atoms with Gasteiger partial charge in [0.15, 0.2) is 5.65 Å². The molecule has 180 valence electrons. The molecule has 0 saturated heterocycles. The summed E-state index contributed by atoms with van der Waals surface area (Å²) >= 11 is 0. The molecule has 2 N–H and O–H groups in total. The Bertz CT molecular complexity index is 1670. The summed E-state index contributed by atoms with van der Waals surface area (Å²) in [5, 5.41) is 4.85. The Labute approximate surface area is 207 Å². The second-order valence-electron chi connectivity index (χ2n) is 9.34. The second-order valence-corrected chi connectivity index (χ2v) is 9.34. The van der Waals surface area contributed by atoms with Gasteiger partial charge in [-0.2, -0.15) is 0 Å². The number of hydrogen-bond donors (Lipinski definition) is 1. The van der Waals surface area contributed by atoms with Gasteiger partial charge >= 0.3 is 5.69 Å². The molecule has 3 aromatic heterocycles. The molecule has 0 amide bonds. The van der Waals surface area contributed by atoms with Crippen LogP contribution in [0.15, 0.2) is 65.5 Å².